The van der Waals surface area contributed by atoms with Crippen molar-refractivity contribution in [1.29, 1.82) is 0 Å². The second-order valence-electron chi connectivity index (χ2n) is 15.1. The van der Waals surface area contributed by atoms with E-state index in [4.69, 9.17) is 19.1 Å². The average molecular weight is 1020 g/mol. The second-order valence-corrected chi connectivity index (χ2v) is 18.8. The van der Waals surface area contributed by atoms with Crippen molar-refractivity contribution < 1.29 is 77.0 Å². The van der Waals surface area contributed by atoms with Crippen molar-refractivity contribution in [3.63, 3.8) is 0 Å². The summed E-state index contributed by atoms with van der Waals surface area (Å²) >= 11 is 0. The van der Waals surface area contributed by atoms with E-state index in [1.54, 1.807) is 48.5 Å². The van der Waals surface area contributed by atoms with E-state index in [-0.39, 0.29) is 27.8 Å². The van der Waals surface area contributed by atoms with Gasteiger partial charge in [-0.15, -0.1) is 0 Å². The molecule has 0 saturated heterocycles. The average Bonchev–Trinajstić information content (AvgIpc) is 3.96. The fraction of sp³-hybridized carbons (Fsp3) is 0.273. The van der Waals surface area contributed by atoms with E-state index in [0.29, 0.717) is 19.7 Å². The highest BCUT2D eigenvalue weighted by Gasteiger charge is 2.37. The lowest BCUT2D eigenvalue weighted by atomic mass is 10.1. The zero-order valence-corrected chi connectivity index (χ0v) is 39.0. The summed E-state index contributed by atoms with van der Waals surface area (Å²) in [6.45, 7) is 1.91. The van der Waals surface area contributed by atoms with Gasteiger partial charge in [0.05, 0.1) is 45.8 Å². The molecule has 2 aromatic heterocycles. The van der Waals surface area contributed by atoms with Crippen molar-refractivity contribution >= 4 is 31.9 Å². The number of carbonyl (C=O) groups excluding carboxylic acids is 2. The van der Waals surface area contributed by atoms with E-state index in [2.05, 4.69) is 10.2 Å². The Hall–Kier alpha value is -7.16. The number of nitrogens with zero attached hydrogens (tertiary/aromatic N) is 7. The Morgan fingerprint density at radius 1 is 0.557 bits per heavy atom. The molecule has 6 aromatic rings. The van der Waals surface area contributed by atoms with Gasteiger partial charge in [-0.05, 0) is 74.5 Å². The molecule has 0 N–H and O–H groups in total. The maximum atomic E-state index is 13.7. The van der Waals surface area contributed by atoms with E-state index < -0.39 is 105 Å². The first-order valence-corrected chi connectivity index (χ1v) is 23.4. The summed E-state index contributed by atoms with van der Waals surface area (Å²) in [5.41, 5.74) is 0.592. The van der Waals surface area contributed by atoms with Crippen molar-refractivity contribution in [2.24, 2.45) is 0 Å². The highest BCUT2D eigenvalue weighted by molar-refractivity contribution is 7.90. The highest BCUT2D eigenvalue weighted by atomic mass is 32.2. The quantitative estimate of drug-likeness (QED) is 0.0317. The number of carbonyl (C=O) groups is 2. The van der Waals surface area contributed by atoms with E-state index in [1.807, 2.05) is 13.8 Å². The molecule has 2 heterocycles. The number of ether oxygens (including phenoxy) is 2. The molecule has 0 spiro atoms. The molecule has 0 aliphatic carbocycles. The zero-order valence-electron chi connectivity index (χ0n) is 37.3. The lowest BCUT2D eigenvalue weighted by Gasteiger charge is -2.21. The molecule has 372 valence electrons. The van der Waals surface area contributed by atoms with Crippen LogP contribution in [0.1, 0.15) is 36.4 Å². The number of aromatic nitrogens is 4. The van der Waals surface area contributed by atoms with Gasteiger partial charge in [-0.3, -0.25) is 9.59 Å². The zero-order chi connectivity index (χ0) is 51.2. The molecule has 0 bridgehead atoms. The van der Waals surface area contributed by atoms with Gasteiger partial charge in [-0.1, -0.05) is 59.7 Å². The molecule has 0 aliphatic rings. The Morgan fingerprint density at radius 3 is 1.19 bits per heavy atom. The number of hydrogen-bond acceptors (Lipinski definition) is 13. The van der Waals surface area contributed by atoms with E-state index in [1.165, 1.54) is 24.3 Å². The van der Waals surface area contributed by atoms with Gasteiger partial charge in [0.25, 0.3) is 20.0 Å². The normalized spacial score (nSPS) is 12.1. The molecule has 18 nitrogen and oxygen atoms in total. The molecule has 26 heteroatoms. The number of rotatable bonds is 20. The fourth-order valence-electron chi connectivity index (χ4n) is 6.40. The van der Waals surface area contributed by atoms with Crippen LogP contribution in [0.4, 0.5) is 26.3 Å². The Kier molecular flexibility index (Phi) is 15.8. The summed E-state index contributed by atoms with van der Waals surface area (Å²) in [4.78, 5) is 45.6. The van der Waals surface area contributed by atoms with E-state index >= 15 is 0 Å². The SMILES string of the molecule is CC(=O)N(COCCO[N+](=O)OCCOCN(C(C)=O)S(=O)(=O)c1ccc(-n2nc(C(F)(F)F)cc2-c2ccc(C)cc2)cc1)S(=O)(=O)c1ccc(-n2nc(C(F)(F)F)cc2-c2ccc(C)cc2)cc1. The number of amides is 2. The van der Waals surface area contributed by atoms with Gasteiger partial charge < -0.3 is 9.47 Å². The van der Waals surface area contributed by atoms with Crippen LogP contribution < -0.4 is 0 Å². The highest BCUT2D eigenvalue weighted by Crippen LogP contribution is 2.35. The van der Waals surface area contributed by atoms with Crippen LogP contribution in [0.2, 0.25) is 0 Å². The smallest absolute Gasteiger partial charge is 0.356 e. The number of aryl methyl sites for hydroxylation is 2. The van der Waals surface area contributed by atoms with E-state index in [9.17, 15) is 57.7 Å². The molecule has 0 atom stereocenters. The first-order valence-electron chi connectivity index (χ1n) is 20.5. The minimum absolute atomic E-state index is 0.0887. The van der Waals surface area contributed by atoms with Gasteiger partial charge in [0.1, 0.15) is 18.4 Å². The summed E-state index contributed by atoms with van der Waals surface area (Å²) in [5, 5.41) is 7.06. The Bertz CT molecular complexity index is 2850. The third kappa shape index (κ3) is 12.3. The summed E-state index contributed by atoms with van der Waals surface area (Å²) < 4.78 is 149. The van der Waals surface area contributed by atoms with Crippen LogP contribution in [0.15, 0.2) is 119 Å². The monoisotopic (exact) mass is 1020 g/mol. The summed E-state index contributed by atoms with van der Waals surface area (Å²) in [5.74, 6) is -1.92. The van der Waals surface area contributed by atoms with Crippen molar-refractivity contribution in [3.8, 4) is 33.9 Å². The van der Waals surface area contributed by atoms with Crippen LogP contribution in [-0.4, -0.2) is 102 Å². The van der Waals surface area contributed by atoms with Crippen LogP contribution in [0, 0.1) is 18.8 Å². The van der Waals surface area contributed by atoms with Crippen LogP contribution in [0.25, 0.3) is 33.9 Å². The Balaban J connectivity index is 0.969. The first-order chi connectivity index (χ1) is 32.9. The molecular formula is C44H42F6N7O11S2+. The summed E-state index contributed by atoms with van der Waals surface area (Å²) in [6, 6.07) is 24.2. The molecule has 0 aliphatic heterocycles. The van der Waals surface area contributed by atoms with Crippen LogP contribution in [0.3, 0.4) is 0 Å². The van der Waals surface area contributed by atoms with Gasteiger partial charge in [-0.25, -0.2) is 34.8 Å². The van der Waals surface area contributed by atoms with Gasteiger partial charge in [0.15, 0.2) is 24.6 Å². The lowest BCUT2D eigenvalue weighted by Crippen LogP contribution is -2.37. The molecule has 2 amide bonds. The molecule has 6 rings (SSSR count). The standard InChI is InChI=1S/C44H42F6N7O11S2/c1-29-5-9-33(10-6-29)39-25-41(43(45,46)47)51-55(39)35-13-17-37(18-14-35)69(61,62)53(31(3)58)27-65-21-23-67-57(60)68-24-22-66-28-54(32(4)59)70(63,64)38-19-15-36(16-20-38)56-40(26-42(52-56)44(48,49)50)34-11-7-30(2)8-12-34/h5-20,25-26H,21-24,27-28H2,1-4H3/q+1. The van der Waals surface area contributed by atoms with Crippen molar-refractivity contribution in [2.45, 2.75) is 49.8 Å². The Labute approximate surface area is 396 Å². The van der Waals surface area contributed by atoms with E-state index in [0.717, 1.165) is 70.7 Å². The van der Waals surface area contributed by atoms with Gasteiger partial charge >= 0.3 is 17.4 Å². The van der Waals surface area contributed by atoms with Gasteiger partial charge in [-0.2, -0.15) is 46.2 Å². The molecule has 4 aromatic carbocycles. The maximum Gasteiger partial charge on any atom is 0.477 e. The summed E-state index contributed by atoms with van der Waals surface area (Å²) in [6.07, 6.45) is -9.54. The van der Waals surface area contributed by atoms with Crippen LogP contribution in [-0.2, 0) is 61.1 Å². The number of alkyl halides is 6. The summed E-state index contributed by atoms with van der Waals surface area (Å²) in [7, 11) is -9.14. The maximum absolute atomic E-state index is 13.7. The van der Waals surface area contributed by atoms with Crippen molar-refractivity contribution in [2.75, 3.05) is 39.9 Å². The molecular weight excluding hydrogens is 981 g/mol. The molecule has 70 heavy (non-hydrogen) atoms. The van der Waals surface area contributed by atoms with Crippen molar-refractivity contribution in [1.82, 2.24) is 28.2 Å². The third-order valence-corrected chi connectivity index (χ3v) is 13.6. The van der Waals surface area contributed by atoms with Crippen LogP contribution >= 0.6 is 0 Å². The van der Waals surface area contributed by atoms with Gasteiger partial charge in [0.2, 0.25) is 11.8 Å². The third-order valence-electron chi connectivity index (χ3n) is 10.0. The van der Waals surface area contributed by atoms with Crippen molar-refractivity contribution in [3.05, 3.63) is 137 Å². The largest absolute Gasteiger partial charge is 0.477 e. The second kappa shape index (κ2) is 21.2. The molecule has 0 radical (unpaired) electrons. The number of hydrogen-bond donors (Lipinski definition) is 0. The molecule has 0 fully saturated rings. The van der Waals surface area contributed by atoms with Gasteiger partial charge in [0, 0.05) is 25.0 Å². The molecule has 0 unspecified atom stereocenters. The number of sulfonamides is 2. The van der Waals surface area contributed by atoms with Crippen LogP contribution in [0.5, 0.6) is 0 Å². The predicted octanol–water partition coefficient (Wildman–Crippen LogP) is 7.41. The minimum atomic E-state index is -4.77. The predicted molar refractivity (Wildman–Crippen MR) is 234 cm³/mol. The first kappa shape index (κ1) is 52.2. The lowest BCUT2D eigenvalue weighted by molar-refractivity contribution is -0.981. The number of halogens is 6. The topological polar surface area (TPSA) is 202 Å². The number of benzene rings is 4. The fourth-order valence-corrected chi connectivity index (χ4v) is 8.97. The minimum Gasteiger partial charge on any atom is -0.356 e. The Morgan fingerprint density at radius 2 is 0.886 bits per heavy atom. The molecule has 0 saturated carbocycles.